The van der Waals surface area contributed by atoms with Gasteiger partial charge in [0, 0.05) is 63.5 Å². The number of nitrogens with two attached hydrogens (primary N) is 2. The minimum absolute atomic E-state index is 0. The summed E-state index contributed by atoms with van der Waals surface area (Å²) in [6.45, 7) is 11.7. The van der Waals surface area contributed by atoms with E-state index in [1.807, 2.05) is 18.4 Å². The van der Waals surface area contributed by atoms with Crippen LogP contribution in [-0.2, 0) is 9.59 Å². The van der Waals surface area contributed by atoms with Crippen molar-refractivity contribution in [3.05, 3.63) is 105 Å². The lowest BCUT2D eigenvalue weighted by Crippen LogP contribution is -2.32. The number of halogens is 5. The van der Waals surface area contributed by atoms with Crippen LogP contribution in [0.4, 0.5) is 29.2 Å². The molecule has 0 radical (unpaired) electrons. The lowest BCUT2D eigenvalue weighted by atomic mass is 10.1. The molecule has 77 heavy (non-hydrogen) atoms. The Hall–Kier alpha value is -6.27. The van der Waals surface area contributed by atoms with Gasteiger partial charge in [-0.25, -0.2) is 36.9 Å². The summed E-state index contributed by atoms with van der Waals surface area (Å²) < 4.78 is 64.0. The summed E-state index contributed by atoms with van der Waals surface area (Å²) in [7, 11) is 3.27. The molecule has 0 spiro atoms. The number of benzene rings is 2. The first-order valence-corrected chi connectivity index (χ1v) is 24.3. The molecule has 2 aromatic carbocycles. The minimum Gasteiger partial charge on any atom is -0.373 e. The fourth-order valence-electron chi connectivity index (χ4n) is 9.44. The quantitative estimate of drug-likeness (QED) is 0.0370. The van der Waals surface area contributed by atoms with Gasteiger partial charge in [-0.1, -0.05) is 19.1 Å². The molecule has 1 unspecified atom stereocenters. The van der Waals surface area contributed by atoms with Crippen molar-refractivity contribution in [3.63, 3.8) is 0 Å². The van der Waals surface area contributed by atoms with E-state index in [-0.39, 0.29) is 133 Å². The summed E-state index contributed by atoms with van der Waals surface area (Å²) in [6.07, 6.45) is 16.4. The van der Waals surface area contributed by atoms with Gasteiger partial charge in [0.25, 0.3) is 11.8 Å². The van der Waals surface area contributed by atoms with Gasteiger partial charge in [0.15, 0.2) is 17.3 Å². The molecule has 10 rings (SSSR count). The van der Waals surface area contributed by atoms with E-state index in [1.165, 1.54) is 30.6 Å². The standard InChI is InChI=1S/C25H25F2N7O2.C15H19N5O2.C10H7F2IN2.4H2S/c1-4-20(35)32-11-15(9-13(32)2)34-25(29-3)21(24(28)36)18(31-34)8-7-16-17(26)10-19-23(22(16)27)30-12-33(19)14-5-6-14;1-5-11-13(14(16)22)15(17-4)20(18-11)10-7-9(3)19(8-10)12(21)6-2;11-6-3-7-10(8(12)9(6)13)14-4-15(7)5-1-2-5;;;;/h4,10,12-15,29H,1,5-6,9,11H2,2-3H3,(H2,28,36);1,6,9-10,17H,2,7-8H2,3-4H3,(H2,16,22);3-5H,1-2H2;4*1H2/t13-,15?;9-,10-;;;;;/m00...../s1. The van der Waals surface area contributed by atoms with Crippen molar-refractivity contribution in [3.8, 4) is 24.2 Å². The van der Waals surface area contributed by atoms with E-state index in [9.17, 15) is 32.3 Å². The second-order valence-corrected chi connectivity index (χ2v) is 19.1. The van der Waals surface area contributed by atoms with Crippen molar-refractivity contribution in [2.75, 3.05) is 37.8 Å². The Morgan fingerprint density at radius 2 is 1.10 bits per heavy atom. The minimum atomic E-state index is -0.867. The van der Waals surface area contributed by atoms with Gasteiger partial charge in [-0.2, -0.15) is 64.2 Å². The van der Waals surface area contributed by atoms with Crippen LogP contribution in [0.25, 0.3) is 22.1 Å². The number of aromatic nitrogens is 8. The van der Waals surface area contributed by atoms with Crippen LogP contribution in [-0.4, -0.2) is 111 Å². The van der Waals surface area contributed by atoms with E-state index in [4.69, 9.17) is 17.9 Å². The molecule has 27 heteroatoms. The van der Waals surface area contributed by atoms with Crippen molar-refractivity contribution in [1.82, 2.24) is 48.5 Å². The zero-order chi connectivity index (χ0) is 52.7. The van der Waals surface area contributed by atoms with E-state index in [2.05, 4.69) is 61.7 Å². The molecule has 4 atom stereocenters. The maximum Gasteiger partial charge on any atom is 0.255 e. The highest BCUT2D eigenvalue weighted by molar-refractivity contribution is 14.1. The van der Waals surface area contributed by atoms with Gasteiger partial charge in [-0.15, -0.1) is 6.42 Å². The Morgan fingerprint density at radius 3 is 1.51 bits per heavy atom. The monoisotopic (exact) mass is 1250 g/mol. The molecule has 2 aliphatic heterocycles. The maximum absolute atomic E-state index is 15.2. The number of fused-ring (bicyclic) bond motifs is 2. The molecule has 6 N–H and O–H groups in total. The summed E-state index contributed by atoms with van der Waals surface area (Å²) >= 11 is 1.66. The zero-order valence-corrected chi connectivity index (χ0v) is 48.4. The lowest BCUT2D eigenvalue weighted by molar-refractivity contribution is -0.127. The Morgan fingerprint density at radius 1 is 0.688 bits per heavy atom. The third-order valence-corrected chi connectivity index (χ3v) is 14.3. The number of carbonyl (C=O) groups excluding carboxylic acids is 4. The first-order chi connectivity index (χ1) is 34.9. The van der Waals surface area contributed by atoms with Gasteiger partial charge in [0.2, 0.25) is 11.8 Å². The molecule has 4 fully saturated rings. The molecule has 6 aromatic rings. The van der Waals surface area contributed by atoms with Crippen LogP contribution in [0.15, 0.2) is 50.1 Å². The van der Waals surface area contributed by atoms with Gasteiger partial charge in [0.05, 0.1) is 44.9 Å². The first-order valence-electron chi connectivity index (χ1n) is 23.3. The van der Waals surface area contributed by atoms with E-state index >= 15 is 4.39 Å². The van der Waals surface area contributed by atoms with E-state index in [0.717, 1.165) is 25.7 Å². The fourth-order valence-corrected chi connectivity index (χ4v) is 9.85. The number of hydrogen-bond acceptors (Lipinski definition) is 10. The number of hydrogen-bond donors (Lipinski definition) is 4. The maximum atomic E-state index is 15.2. The van der Waals surface area contributed by atoms with Gasteiger partial charge in [-0.05, 0) is 99.0 Å². The molecule has 2 saturated carbocycles. The lowest BCUT2D eigenvalue weighted by Gasteiger charge is -2.19. The summed E-state index contributed by atoms with van der Waals surface area (Å²) in [5.74, 6) is 3.81. The second-order valence-electron chi connectivity index (χ2n) is 18.1. The summed E-state index contributed by atoms with van der Waals surface area (Å²) in [5, 5.41) is 14.6. The van der Waals surface area contributed by atoms with E-state index in [0.29, 0.717) is 54.6 Å². The molecule has 412 valence electrons. The summed E-state index contributed by atoms with van der Waals surface area (Å²) in [6, 6.07) is 2.81. The smallest absolute Gasteiger partial charge is 0.255 e. The molecule has 2 aliphatic carbocycles. The number of amides is 4. The summed E-state index contributed by atoms with van der Waals surface area (Å²) in [4.78, 5) is 59.5. The van der Waals surface area contributed by atoms with Crippen LogP contribution >= 0.6 is 76.6 Å². The average Bonchev–Trinajstić information content (AvgIpc) is 4.04. The van der Waals surface area contributed by atoms with E-state index in [1.54, 1.807) is 66.7 Å². The normalized spacial score (nSPS) is 18.0. The average molecular weight is 1250 g/mol. The van der Waals surface area contributed by atoms with Crippen LogP contribution in [0, 0.1) is 51.0 Å². The molecule has 4 amide bonds. The second kappa shape index (κ2) is 25.9. The number of carbonyl (C=O) groups is 4. The number of nitrogens with one attached hydrogen (secondary N) is 2. The topological polar surface area (TPSA) is 222 Å². The number of terminal acetylenes is 1. The van der Waals surface area contributed by atoms with Gasteiger partial charge in [-0.3, -0.25) is 19.2 Å². The number of anilines is 2. The molecule has 18 nitrogen and oxygen atoms in total. The molecule has 4 aliphatic rings. The van der Waals surface area contributed by atoms with Crippen LogP contribution in [0.3, 0.4) is 0 Å². The molecular weight excluding hydrogens is 1190 g/mol. The number of imidazole rings is 2. The Labute approximate surface area is 483 Å². The number of rotatable bonds is 10. The number of nitrogens with zero attached hydrogens (tertiary/aromatic N) is 10. The molecule has 4 aromatic heterocycles. The molecular formula is C50H59F4IN14O4S4. The van der Waals surface area contributed by atoms with Crippen molar-refractivity contribution in [2.24, 2.45) is 11.5 Å². The van der Waals surface area contributed by atoms with Crippen molar-refractivity contribution >= 4 is 134 Å². The zero-order valence-electron chi connectivity index (χ0n) is 42.2. The van der Waals surface area contributed by atoms with Crippen molar-refractivity contribution in [1.29, 1.82) is 0 Å². The Bertz CT molecular complexity index is 3370. The van der Waals surface area contributed by atoms with Crippen LogP contribution in [0.2, 0.25) is 0 Å². The van der Waals surface area contributed by atoms with Crippen molar-refractivity contribution < 1.29 is 36.7 Å². The van der Waals surface area contributed by atoms with Gasteiger partial charge < -0.3 is 41.0 Å². The molecule has 6 heterocycles. The SMILES string of the molecule is C#Cc1nn([C@H]2C[C@H](C)N(C(=O)C=C)C2)c(NC)c1C(N)=O.C=CC(=O)N1CC(n2nc(C#Cc3c(F)cc4c(ncn4C4CC4)c3F)c(C(N)=O)c2NC)C[C@@H]1C.Fc1cc2c(ncn2C2CC2)c(F)c1I.S.S.S.S. The number of primary amides is 2. The van der Waals surface area contributed by atoms with E-state index < -0.39 is 40.6 Å². The van der Waals surface area contributed by atoms with Crippen molar-refractivity contribution in [2.45, 2.75) is 88.6 Å². The third kappa shape index (κ3) is 12.4. The highest BCUT2D eigenvalue weighted by atomic mass is 127. The van der Waals surface area contributed by atoms with Crippen LogP contribution in [0.5, 0.6) is 0 Å². The van der Waals surface area contributed by atoms with Gasteiger partial charge in [0.1, 0.15) is 51.1 Å². The first kappa shape index (κ1) is 63.3. The molecule has 0 bridgehead atoms. The fraction of sp³-hybridized carbons (Fsp3) is 0.360. The summed E-state index contributed by atoms with van der Waals surface area (Å²) in [5.41, 5.74) is 12.2. The molecule has 2 saturated heterocycles. The highest BCUT2D eigenvalue weighted by Crippen LogP contribution is 2.40. The van der Waals surface area contributed by atoms with Crippen LogP contribution < -0.4 is 22.1 Å². The highest BCUT2D eigenvalue weighted by Gasteiger charge is 2.37. The Balaban J connectivity index is 0.000000267. The predicted octanol–water partition coefficient (Wildman–Crippen LogP) is 6.79. The Kier molecular flexibility index (Phi) is 21.3. The number of likely N-dealkylation sites (tertiary alicyclic amines) is 2. The largest absolute Gasteiger partial charge is 0.373 e. The predicted molar refractivity (Wildman–Crippen MR) is 315 cm³/mol. The van der Waals surface area contributed by atoms with Gasteiger partial charge >= 0.3 is 0 Å². The van der Waals surface area contributed by atoms with Crippen LogP contribution in [0.1, 0.15) is 114 Å². The third-order valence-electron chi connectivity index (χ3n) is 13.3.